The lowest BCUT2D eigenvalue weighted by atomic mass is 10.1. The first-order valence-corrected chi connectivity index (χ1v) is 7.32. The minimum atomic E-state index is -0.0617. The zero-order chi connectivity index (χ0) is 14.4. The van der Waals surface area contributed by atoms with Gasteiger partial charge in [-0.15, -0.1) is 0 Å². The number of aromatic nitrogens is 4. The molecule has 0 aromatic carbocycles. The van der Waals surface area contributed by atoms with Gasteiger partial charge in [0.15, 0.2) is 5.69 Å². The summed E-state index contributed by atoms with van der Waals surface area (Å²) in [7, 11) is 3.69. The van der Waals surface area contributed by atoms with Crippen LogP contribution in [0.25, 0.3) is 0 Å². The number of fused-ring (bicyclic) bond motifs is 1. The maximum absolute atomic E-state index is 12.8. The molecule has 0 radical (unpaired) electrons. The van der Waals surface area contributed by atoms with Crippen molar-refractivity contribution in [3.63, 3.8) is 0 Å². The molecule has 2 aromatic rings. The molecule has 3 heterocycles. The van der Waals surface area contributed by atoms with E-state index in [-0.39, 0.29) is 5.91 Å². The van der Waals surface area contributed by atoms with Crippen LogP contribution in [0.4, 0.5) is 5.82 Å². The molecule has 0 saturated carbocycles. The Morgan fingerprint density at radius 1 is 1.35 bits per heavy atom. The van der Waals surface area contributed by atoms with E-state index in [1.807, 2.05) is 27.2 Å². The van der Waals surface area contributed by atoms with E-state index in [1.54, 1.807) is 14.3 Å². The number of carbonyl (C=O) groups is 1. The maximum atomic E-state index is 12.8. The average molecular weight is 338 g/mol. The van der Waals surface area contributed by atoms with Gasteiger partial charge in [-0.2, -0.15) is 10.2 Å². The largest absolute Gasteiger partial charge is 0.291 e. The third-order valence-corrected chi connectivity index (χ3v) is 4.82. The van der Waals surface area contributed by atoms with E-state index in [1.165, 1.54) is 0 Å². The highest BCUT2D eigenvalue weighted by atomic mass is 79.9. The van der Waals surface area contributed by atoms with Gasteiger partial charge in [-0.25, -0.2) is 0 Å². The van der Waals surface area contributed by atoms with Crippen LogP contribution >= 0.6 is 15.9 Å². The van der Waals surface area contributed by atoms with Gasteiger partial charge in [-0.05, 0) is 35.7 Å². The number of rotatable bonds is 1. The molecule has 6 nitrogen and oxygen atoms in total. The van der Waals surface area contributed by atoms with Crippen LogP contribution < -0.4 is 4.90 Å². The molecule has 0 unspecified atom stereocenters. The van der Waals surface area contributed by atoms with Gasteiger partial charge < -0.3 is 0 Å². The molecule has 0 spiro atoms. The lowest BCUT2D eigenvalue weighted by molar-refractivity contribution is 0.0977. The van der Waals surface area contributed by atoms with Crippen LogP contribution in [0.3, 0.4) is 0 Å². The van der Waals surface area contributed by atoms with E-state index in [9.17, 15) is 4.79 Å². The zero-order valence-electron chi connectivity index (χ0n) is 11.7. The monoisotopic (exact) mass is 337 g/mol. The maximum Gasteiger partial charge on any atom is 0.280 e. The number of hydrogen-bond acceptors (Lipinski definition) is 3. The number of nitrogens with zero attached hydrogens (tertiary/aromatic N) is 5. The second-order valence-corrected chi connectivity index (χ2v) is 5.82. The Morgan fingerprint density at radius 2 is 2.10 bits per heavy atom. The van der Waals surface area contributed by atoms with Gasteiger partial charge in [0, 0.05) is 31.8 Å². The van der Waals surface area contributed by atoms with Crippen LogP contribution in [-0.4, -0.2) is 32.0 Å². The summed E-state index contributed by atoms with van der Waals surface area (Å²) in [6, 6.07) is 0. The van der Waals surface area contributed by atoms with E-state index in [2.05, 4.69) is 26.1 Å². The van der Waals surface area contributed by atoms with Crippen molar-refractivity contribution in [3.05, 3.63) is 27.6 Å². The minimum absolute atomic E-state index is 0.0617. The highest BCUT2D eigenvalue weighted by molar-refractivity contribution is 9.10. The van der Waals surface area contributed by atoms with Gasteiger partial charge in [-0.1, -0.05) is 0 Å². The molecule has 3 rings (SSSR count). The van der Waals surface area contributed by atoms with Crippen LogP contribution in [0.5, 0.6) is 0 Å². The topological polar surface area (TPSA) is 56.0 Å². The fraction of sp³-hybridized carbons (Fsp3) is 0.462. The van der Waals surface area contributed by atoms with Crippen molar-refractivity contribution >= 4 is 27.7 Å². The molecule has 1 aliphatic rings. The molecular weight excluding hydrogens is 322 g/mol. The number of anilines is 1. The molecule has 2 aromatic heterocycles. The number of carbonyl (C=O) groups excluding carboxylic acids is 1. The molecule has 0 N–H and O–H groups in total. The first-order chi connectivity index (χ1) is 9.50. The first-order valence-electron chi connectivity index (χ1n) is 6.52. The minimum Gasteiger partial charge on any atom is -0.291 e. The summed E-state index contributed by atoms with van der Waals surface area (Å²) in [6.45, 7) is 2.61. The van der Waals surface area contributed by atoms with Gasteiger partial charge in [0.05, 0.1) is 6.20 Å². The molecule has 0 atom stereocenters. The molecule has 1 amide bonds. The number of amides is 1. The highest BCUT2D eigenvalue weighted by Crippen LogP contribution is 2.29. The summed E-state index contributed by atoms with van der Waals surface area (Å²) < 4.78 is 4.28. The van der Waals surface area contributed by atoms with E-state index >= 15 is 0 Å². The summed E-state index contributed by atoms with van der Waals surface area (Å²) in [5, 5.41) is 8.58. The molecule has 20 heavy (non-hydrogen) atoms. The summed E-state index contributed by atoms with van der Waals surface area (Å²) in [6.07, 6.45) is 3.77. The van der Waals surface area contributed by atoms with Crippen molar-refractivity contribution in [3.8, 4) is 0 Å². The van der Waals surface area contributed by atoms with Crippen LogP contribution in [-0.2, 0) is 20.5 Å². The van der Waals surface area contributed by atoms with Crippen molar-refractivity contribution in [1.82, 2.24) is 19.6 Å². The van der Waals surface area contributed by atoms with E-state index < -0.39 is 0 Å². The van der Waals surface area contributed by atoms with Crippen molar-refractivity contribution < 1.29 is 4.79 Å². The van der Waals surface area contributed by atoms with Gasteiger partial charge in [0.2, 0.25) is 0 Å². The lowest BCUT2D eigenvalue weighted by Crippen LogP contribution is -2.37. The van der Waals surface area contributed by atoms with Crippen LogP contribution in [0, 0.1) is 6.92 Å². The fourth-order valence-electron chi connectivity index (χ4n) is 2.67. The fourth-order valence-corrected chi connectivity index (χ4v) is 2.94. The van der Waals surface area contributed by atoms with Gasteiger partial charge in [0.25, 0.3) is 5.91 Å². The Morgan fingerprint density at radius 3 is 2.75 bits per heavy atom. The number of halogens is 1. The predicted octanol–water partition coefficient (Wildman–Crippen LogP) is 1.82. The van der Waals surface area contributed by atoms with Crippen molar-refractivity contribution in [2.45, 2.75) is 19.8 Å². The number of hydrogen-bond donors (Lipinski definition) is 0. The number of aryl methyl sites for hydroxylation is 3. The van der Waals surface area contributed by atoms with Crippen LogP contribution in [0.15, 0.2) is 10.8 Å². The molecule has 106 valence electrons. The smallest absolute Gasteiger partial charge is 0.280 e. The highest BCUT2D eigenvalue weighted by Gasteiger charge is 2.30. The second-order valence-electron chi connectivity index (χ2n) is 5.07. The second kappa shape index (κ2) is 4.73. The Hall–Kier alpha value is -1.63. The Bertz CT molecular complexity index is 687. The van der Waals surface area contributed by atoms with Gasteiger partial charge in [0.1, 0.15) is 10.4 Å². The average Bonchev–Trinajstić information content (AvgIpc) is 2.94. The molecule has 0 fully saturated rings. The molecule has 0 bridgehead atoms. The third-order valence-electron chi connectivity index (χ3n) is 3.71. The van der Waals surface area contributed by atoms with Crippen LogP contribution in [0.1, 0.15) is 28.0 Å². The molecule has 0 saturated heterocycles. The Balaban J connectivity index is 2.04. The van der Waals surface area contributed by atoms with Crippen molar-refractivity contribution in [2.24, 2.45) is 14.1 Å². The van der Waals surface area contributed by atoms with Crippen molar-refractivity contribution in [1.29, 1.82) is 0 Å². The third kappa shape index (κ3) is 1.88. The van der Waals surface area contributed by atoms with E-state index in [4.69, 9.17) is 0 Å². The summed E-state index contributed by atoms with van der Waals surface area (Å²) in [5.74, 6) is 0.829. The first kappa shape index (κ1) is 13.4. The van der Waals surface area contributed by atoms with E-state index in [0.717, 1.165) is 34.4 Å². The summed E-state index contributed by atoms with van der Waals surface area (Å²) in [4.78, 5) is 14.6. The molecular formula is C13H16BrN5O. The summed E-state index contributed by atoms with van der Waals surface area (Å²) in [5.41, 5.74) is 2.49. The quantitative estimate of drug-likeness (QED) is 0.797. The Kier molecular flexibility index (Phi) is 3.16. The Labute approximate surface area is 125 Å². The lowest BCUT2D eigenvalue weighted by Gasteiger charge is -2.27. The zero-order valence-corrected chi connectivity index (χ0v) is 13.3. The molecule has 7 heteroatoms. The van der Waals surface area contributed by atoms with Gasteiger partial charge in [-0.3, -0.25) is 19.1 Å². The van der Waals surface area contributed by atoms with Gasteiger partial charge >= 0.3 is 0 Å². The van der Waals surface area contributed by atoms with E-state index in [0.29, 0.717) is 12.2 Å². The van der Waals surface area contributed by atoms with Crippen LogP contribution in [0.2, 0.25) is 0 Å². The van der Waals surface area contributed by atoms with Crippen molar-refractivity contribution in [2.75, 3.05) is 11.4 Å². The molecule has 1 aliphatic heterocycles. The standard InChI is InChI=1S/C13H16BrN5O/c1-8-10(16-17(2)11(8)14)13(20)19-6-4-5-9-7-15-18(3)12(9)19/h7H,4-6H2,1-3H3. The SMILES string of the molecule is Cc1c(C(=O)N2CCCc3cnn(C)c32)nn(C)c1Br. The predicted molar refractivity (Wildman–Crippen MR) is 78.9 cm³/mol. The normalized spacial score (nSPS) is 14.5. The molecule has 0 aliphatic carbocycles. The summed E-state index contributed by atoms with van der Waals surface area (Å²) >= 11 is 3.44.